The predicted molar refractivity (Wildman–Crippen MR) is 71.0 cm³/mol. The van der Waals surface area contributed by atoms with Crippen LogP contribution in [0.2, 0.25) is 0 Å². The predicted octanol–water partition coefficient (Wildman–Crippen LogP) is 0.833. The maximum Gasteiger partial charge on any atom is 0.233 e. The molecule has 1 rings (SSSR count). The second-order valence-electron chi connectivity index (χ2n) is 6.05. The highest BCUT2D eigenvalue weighted by atomic mass is 16.1. The highest BCUT2D eigenvalue weighted by molar-refractivity contribution is 5.77. The summed E-state index contributed by atoms with van der Waals surface area (Å²) in [5.41, 5.74) is 0.184. The number of nitrogens with one attached hydrogen (secondary N) is 2. The molecule has 17 heavy (non-hydrogen) atoms. The molecule has 1 aliphatic rings. The van der Waals surface area contributed by atoms with Gasteiger partial charge < -0.3 is 10.6 Å². The summed E-state index contributed by atoms with van der Waals surface area (Å²) in [6.45, 7) is 10.3. The molecule has 0 radical (unpaired) electrons. The molecular weight excluding hydrogens is 214 g/mol. The van der Waals surface area contributed by atoms with E-state index in [1.54, 1.807) is 7.05 Å². The van der Waals surface area contributed by atoms with Gasteiger partial charge in [0.25, 0.3) is 0 Å². The molecule has 1 atom stereocenters. The molecule has 0 aromatic carbocycles. The number of amides is 1. The third-order valence-corrected chi connectivity index (χ3v) is 3.17. The van der Waals surface area contributed by atoms with E-state index in [0.29, 0.717) is 12.5 Å². The Kier molecular flexibility index (Phi) is 5.40. The number of likely N-dealkylation sites (N-methyl/N-ethyl adjacent to an activating group) is 1. The Balaban J connectivity index is 2.31. The van der Waals surface area contributed by atoms with Crippen molar-refractivity contribution in [1.29, 1.82) is 0 Å². The van der Waals surface area contributed by atoms with Crippen LogP contribution in [-0.2, 0) is 4.79 Å². The summed E-state index contributed by atoms with van der Waals surface area (Å²) in [7, 11) is 1.70. The lowest BCUT2D eigenvalue weighted by molar-refractivity contribution is -0.122. The second kappa shape index (κ2) is 6.36. The van der Waals surface area contributed by atoms with Gasteiger partial charge >= 0.3 is 0 Å². The van der Waals surface area contributed by atoms with E-state index in [-0.39, 0.29) is 11.4 Å². The van der Waals surface area contributed by atoms with Crippen LogP contribution in [0.15, 0.2) is 0 Å². The molecule has 1 saturated heterocycles. The lowest BCUT2D eigenvalue weighted by Crippen LogP contribution is -2.46. The van der Waals surface area contributed by atoms with Crippen molar-refractivity contribution in [2.24, 2.45) is 5.92 Å². The molecule has 0 aromatic heterocycles. The number of carbonyl (C=O) groups excluding carboxylic acids is 1. The lowest BCUT2D eigenvalue weighted by atomic mass is 9.96. The Morgan fingerprint density at radius 3 is 2.71 bits per heavy atom. The van der Waals surface area contributed by atoms with Crippen LogP contribution < -0.4 is 10.6 Å². The van der Waals surface area contributed by atoms with E-state index in [1.807, 2.05) is 0 Å². The average molecular weight is 241 g/mol. The van der Waals surface area contributed by atoms with Crippen LogP contribution in [0.5, 0.6) is 0 Å². The van der Waals surface area contributed by atoms with Crippen molar-refractivity contribution in [3.8, 4) is 0 Å². The van der Waals surface area contributed by atoms with Gasteiger partial charge in [0.2, 0.25) is 5.91 Å². The largest absolute Gasteiger partial charge is 0.358 e. The van der Waals surface area contributed by atoms with Crippen molar-refractivity contribution >= 4 is 5.91 Å². The summed E-state index contributed by atoms with van der Waals surface area (Å²) in [4.78, 5) is 13.6. The van der Waals surface area contributed by atoms with Gasteiger partial charge in [0.15, 0.2) is 0 Å². The van der Waals surface area contributed by atoms with Crippen molar-refractivity contribution in [2.45, 2.75) is 39.2 Å². The SMILES string of the molecule is CNC(=O)CN1CCCC(CNC(C)(C)C)C1. The maximum absolute atomic E-state index is 11.3. The minimum absolute atomic E-state index is 0.120. The van der Waals surface area contributed by atoms with Crippen molar-refractivity contribution in [3.63, 3.8) is 0 Å². The second-order valence-corrected chi connectivity index (χ2v) is 6.05. The Morgan fingerprint density at radius 1 is 1.41 bits per heavy atom. The number of hydrogen-bond acceptors (Lipinski definition) is 3. The van der Waals surface area contributed by atoms with E-state index in [1.165, 1.54) is 12.8 Å². The number of carbonyl (C=O) groups is 1. The van der Waals surface area contributed by atoms with Crippen LogP contribution in [-0.4, -0.2) is 49.6 Å². The summed E-state index contributed by atoms with van der Waals surface area (Å²) < 4.78 is 0. The summed E-state index contributed by atoms with van der Waals surface area (Å²) in [5.74, 6) is 0.794. The Morgan fingerprint density at radius 2 is 2.12 bits per heavy atom. The molecule has 1 heterocycles. The third-order valence-electron chi connectivity index (χ3n) is 3.17. The van der Waals surface area contributed by atoms with E-state index >= 15 is 0 Å². The molecule has 1 fully saturated rings. The van der Waals surface area contributed by atoms with Gasteiger partial charge in [-0.05, 0) is 52.6 Å². The third kappa shape index (κ3) is 6.03. The van der Waals surface area contributed by atoms with Crippen LogP contribution >= 0.6 is 0 Å². The number of rotatable bonds is 4. The van der Waals surface area contributed by atoms with E-state index in [4.69, 9.17) is 0 Å². The van der Waals surface area contributed by atoms with Gasteiger partial charge in [-0.2, -0.15) is 0 Å². The minimum atomic E-state index is 0.120. The molecule has 1 aliphatic heterocycles. The lowest BCUT2D eigenvalue weighted by Gasteiger charge is -2.34. The zero-order valence-corrected chi connectivity index (χ0v) is 11.7. The first-order chi connectivity index (χ1) is 7.90. The van der Waals surface area contributed by atoms with E-state index in [0.717, 1.165) is 19.6 Å². The molecule has 0 bridgehead atoms. The van der Waals surface area contributed by atoms with Crippen LogP contribution in [0.3, 0.4) is 0 Å². The topological polar surface area (TPSA) is 44.4 Å². The number of nitrogens with zero attached hydrogens (tertiary/aromatic N) is 1. The molecule has 0 aromatic rings. The van der Waals surface area contributed by atoms with Crippen LogP contribution in [0.25, 0.3) is 0 Å². The zero-order valence-electron chi connectivity index (χ0n) is 11.7. The molecule has 4 heteroatoms. The minimum Gasteiger partial charge on any atom is -0.358 e. The van der Waals surface area contributed by atoms with Crippen molar-refractivity contribution in [3.05, 3.63) is 0 Å². The maximum atomic E-state index is 11.3. The number of piperidine rings is 1. The first-order valence-corrected chi connectivity index (χ1v) is 6.58. The number of hydrogen-bond donors (Lipinski definition) is 2. The first-order valence-electron chi connectivity index (χ1n) is 6.58. The summed E-state index contributed by atoms with van der Waals surface area (Å²) >= 11 is 0. The van der Waals surface area contributed by atoms with E-state index < -0.39 is 0 Å². The fourth-order valence-electron chi connectivity index (χ4n) is 2.19. The smallest absolute Gasteiger partial charge is 0.233 e. The van der Waals surface area contributed by atoms with Crippen molar-refractivity contribution in [2.75, 3.05) is 33.2 Å². The Bertz CT molecular complexity index is 248. The van der Waals surface area contributed by atoms with Gasteiger partial charge in [-0.3, -0.25) is 9.69 Å². The monoisotopic (exact) mass is 241 g/mol. The summed E-state index contributed by atoms with van der Waals surface area (Å²) in [6, 6.07) is 0. The molecular formula is C13H27N3O. The van der Waals surface area contributed by atoms with Crippen LogP contribution in [0.1, 0.15) is 33.6 Å². The molecule has 100 valence electrons. The number of likely N-dealkylation sites (tertiary alicyclic amines) is 1. The van der Waals surface area contributed by atoms with Gasteiger partial charge in [-0.1, -0.05) is 0 Å². The highest BCUT2D eigenvalue weighted by Gasteiger charge is 2.22. The molecule has 0 spiro atoms. The Hall–Kier alpha value is -0.610. The van der Waals surface area contributed by atoms with Crippen LogP contribution in [0, 0.1) is 5.92 Å². The molecule has 0 aliphatic carbocycles. The van der Waals surface area contributed by atoms with Crippen molar-refractivity contribution in [1.82, 2.24) is 15.5 Å². The summed E-state index contributed by atoms with van der Waals surface area (Å²) in [5, 5.41) is 6.24. The summed E-state index contributed by atoms with van der Waals surface area (Å²) in [6.07, 6.45) is 2.47. The highest BCUT2D eigenvalue weighted by Crippen LogP contribution is 2.16. The fourth-order valence-corrected chi connectivity index (χ4v) is 2.19. The van der Waals surface area contributed by atoms with Crippen molar-refractivity contribution < 1.29 is 4.79 Å². The average Bonchev–Trinajstić information content (AvgIpc) is 2.26. The zero-order chi connectivity index (χ0) is 12.9. The Labute approximate surface area is 105 Å². The quantitative estimate of drug-likeness (QED) is 0.766. The van der Waals surface area contributed by atoms with E-state index in [9.17, 15) is 4.79 Å². The normalized spacial score (nSPS) is 22.5. The van der Waals surface area contributed by atoms with Gasteiger partial charge in [0.05, 0.1) is 6.54 Å². The van der Waals surface area contributed by atoms with E-state index in [2.05, 4.69) is 36.3 Å². The van der Waals surface area contributed by atoms with Gasteiger partial charge in [0, 0.05) is 19.1 Å². The molecule has 1 unspecified atom stereocenters. The molecule has 1 amide bonds. The first kappa shape index (κ1) is 14.5. The van der Waals surface area contributed by atoms with Crippen LogP contribution in [0.4, 0.5) is 0 Å². The molecule has 4 nitrogen and oxygen atoms in total. The van der Waals surface area contributed by atoms with Gasteiger partial charge in [-0.25, -0.2) is 0 Å². The molecule has 0 saturated carbocycles. The van der Waals surface area contributed by atoms with Gasteiger partial charge in [-0.15, -0.1) is 0 Å². The standard InChI is InChI=1S/C13H27N3O/c1-13(2,3)15-8-11-6-5-7-16(9-11)10-12(17)14-4/h11,15H,5-10H2,1-4H3,(H,14,17). The molecule has 2 N–H and O–H groups in total. The fraction of sp³-hybridized carbons (Fsp3) is 0.923. The van der Waals surface area contributed by atoms with Gasteiger partial charge in [0.1, 0.15) is 0 Å².